The van der Waals surface area contributed by atoms with Gasteiger partial charge in [0.1, 0.15) is 5.82 Å². The van der Waals surface area contributed by atoms with E-state index in [1.165, 1.54) is 31.4 Å². The van der Waals surface area contributed by atoms with Crippen molar-refractivity contribution < 1.29 is 13.7 Å². The Morgan fingerprint density at radius 2 is 2.00 bits per heavy atom. The topological polar surface area (TPSA) is 59.2 Å². The number of carbonyl (C=O) groups excluding carboxylic acids is 1. The Kier molecular flexibility index (Phi) is 4.51. The molecule has 5 nitrogen and oxygen atoms in total. The van der Waals surface area contributed by atoms with Crippen molar-refractivity contribution in [1.82, 2.24) is 15.0 Å². The lowest BCUT2D eigenvalue weighted by molar-refractivity contribution is -0.134. The first-order valence-corrected chi connectivity index (χ1v) is 9.06. The molecule has 0 bridgehead atoms. The molecule has 2 aromatic rings. The van der Waals surface area contributed by atoms with Gasteiger partial charge in [0.2, 0.25) is 17.6 Å². The lowest BCUT2D eigenvalue weighted by Gasteiger charge is -2.33. The van der Waals surface area contributed by atoms with Crippen LogP contribution in [0.25, 0.3) is 11.4 Å². The first-order valence-electron chi connectivity index (χ1n) is 9.06. The number of piperidine rings is 1. The van der Waals surface area contributed by atoms with Crippen molar-refractivity contribution in [2.75, 3.05) is 13.1 Å². The highest BCUT2D eigenvalue weighted by molar-refractivity contribution is 5.76. The van der Waals surface area contributed by atoms with Gasteiger partial charge in [0.05, 0.1) is 5.92 Å². The molecule has 1 saturated heterocycles. The Morgan fingerprint density at radius 3 is 2.72 bits per heavy atom. The van der Waals surface area contributed by atoms with E-state index in [9.17, 15) is 9.18 Å². The zero-order valence-corrected chi connectivity index (χ0v) is 14.2. The van der Waals surface area contributed by atoms with Crippen LogP contribution in [0.4, 0.5) is 4.39 Å². The zero-order chi connectivity index (χ0) is 17.2. The summed E-state index contributed by atoms with van der Waals surface area (Å²) in [4.78, 5) is 18.9. The summed E-state index contributed by atoms with van der Waals surface area (Å²) in [6.07, 6.45) is 6.21. The Morgan fingerprint density at radius 1 is 1.20 bits per heavy atom. The van der Waals surface area contributed by atoms with E-state index in [0.29, 0.717) is 30.6 Å². The molecular weight excluding hydrogens is 321 g/mol. The van der Waals surface area contributed by atoms with Gasteiger partial charge in [-0.05, 0) is 55.9 Å². The first-order chi connectivity index (χ1) is 12.2. The summed E-state index contributed by atoms with van der Waals surface area (Å²) in [5, 5.41) is 4.02. The van der Waals surface area contributed by atoms with Gasteiger partial charge < -0.3 is 9.42 Å². The molecule has 1 aromatic heterocycles. The fraction of sp³-hybridized carbons (Fsp3) is 0.526. The highest BCUT2D eigenvalue weighted by Crippen LogP contribution is 2.32. The molecule has 2 aliphatic rings. The number of amides is 1. The molecule has 1 aliphatic heterocycles. The molecule has 1 aliphatic carbocycles. The summed E-state index contributed by atoms with van der Waals surface area (Å²) < 4.78 is 18.5. The summed E-state index contributed by atoms with van der Waals surface area (Å²) in [6, 6.07) is 6.04. The standard InChI is InChI=1S/C19H22FN3O2/c20-16-8-6-14(7-9-16)18-21-19(25-22-18)15-5-2-10-23(12-15)17(24)11-13-3-1-4-13/h6-9,13,15H,1-5,10-12H2. The van der Waals surface area contributed by atoms with Gasteiger partial charge in [-0.2, -0.15) is 4.98 Å². The number of halogens is 1. The number of rotatable bonds is 4. The van der Waals surface area contributed by atoms with Crippen LogP contribution >= 0.6 is 0 Å². The lowest BCUT2D eigenvalue weighted by atomic mass is 9.82. The molecule has 6 heteroatoms. The SMILES string of the molecule is O=C(CC1CCC1)N1CCCC(c2nc(-c3ccc(F)cc3)no2)C1. The molecule has 1 amide bonds. The lowest BCUT2D eigenvalue weighted by Crippen LogP contribution is -2.40. The molecule has 2 heterocycles. The molecule has 1 unspecified atom stereocenters. The summed E-state index contributed by atoms with van der Waals surface area (Å²) in [5.41, 5.74) is 0.727. The second kappa shape index (κ2) is 6.94. The smallest absolute Gasteiger partial charge is 0.231 e. The molecule has 0 N–H and O–H groups in total. The summed E-state index contributed by atoms with van der Waals surface area (Å²) in [6.45, 7) is 1.47. The Bertz CT molecular complexity index is 739. The van der Waals surface area contributed by atoms with Gasteiger partial charge in [-0.25, -0.2) is 4.39 Å². The number of nitrogens with zero attached hydrogens (tertiary/aromatic N) is 3. The van der Waals surface area contributed by atoms with Crippen LogP contribution in [0.5, 0.6) is 0 Å². The Balaban J connectivity index is 1.42. The van der Waals surface area contributed by atoms with Crippen LogP contribution in [0.3, 0.4) is 0 Å². The van der Waals surface area contributed by atoms with E-state index in [1.807, 2.05) is 4.90 Å². The number of likely N-dealkylation sites (tertiary alicyclic amines) is 1. The third-order valence-electron chi connectivity index (χ3n) is 5.36. The van der Waals surface area contributed by atoms with Gasteiger partial charge in [-0.3, -0.25) is 4.79 Å². The van der Waals surface area contributed by atoms with Crippen LogP contribution in [-0.4, -0.2) is 34.0 Å². The number of hydrogen-bond donors (Lipinski definition) is 0. The number of benzene rings is 1. The fourth-order valence-corrected chi connectivity index (χ4v) is 3.60. The minimum atomic E-state index is -0.291. The van der Waals surface area contributed by atoms with E-state index in [4.69, 9.17) is 4.52 Å². The molecular formula is C19H22FN3O2. The van der Waals surface area contributed by atoms with Gasteiger partial charge in [-0.1, -0.05) is 11.6 Å². The average molecular weight is 343 g/mol. The van der Waals surface area contributed by atoms with Crippen molar-refractivity contribution in [2.24, 2.45) is 5.92 Å². The van der Waals surface area contributed by atoms with Crippen LogP contribution in [0.2, 0.25) is 0 Å². The van der Waals surface area contributed by atoms with Gasteiger partial charge in [0.15, 0.2) is 0 Å². The van der Waals surface area contributed by atoms with Gasteiger partial charge in [-0.15, -0.1) is 0 Å². The molecule has 1 saturated carbocycles. The van der Waals surface area contributed by atoms with Crippen molar-refractivity contribution in [3.63, 3.8) is 0 Å². The molecule has 2 fully saturated rings. The quantitative estimate of drug-likeness (QED) is 0.848. The zero-order valence-electron chi connectivity index (χ0n) is 14.2. The van der Waals surface area contributed by atoms with Crippen molar-refractivity contribution in [3.8, 4) is 11.4 Å². The Labute approximate surface area is 146 Å². The molecule has 25 heavy (non-hydrogen) atoms. The van der Waals surface area contributed by atoms with E-state index in [1.54, 1.807) is 12.1 Å². The highest BCUT2D eigenvalue weighted by Gasteiger charge is 2.30. The van der Waals surface area contributed by atoms with E-state index >= 15 is 0 Å². The minimum absolute atomic E-state index is 0.0841. The largest absolute Gasteiger partial charge is 0.342 e. The maximum absolute atomic E-state index is 13.0. The van der Waals surface area contributed by atoms with Crippen molar-refractivity contribution in [3.05, 3.63) is 36.0 Å². The van der Waals surface area contributed by atoms with E-state index < -0.39 is 0 Å². The third-order valence-corrected chi connectivity index (χ3v) is 5.36. The second-order valence-electron chi connectivity index (χ2n) is 7.14. The highest BCUT2D eigenvalue weighted by atomic mass is 19.1. The second-order valence-corrected chi connectivity index (χ2v) is 7.14. The number of hydrogen-bond acceptors (Lipinski definition) is 4. The van der Waals surface area contributed by atoms with Crippen LogP contribution in [-0.2, 0) is 4.79 Å². The van der Waals surface area contributed by atoms with Crippen LogP contribution in [0, 0.1) is 11.7 Å². The first kappa shape index (κ1) is 16.2. The van der Waals surface area contributed by atoms with Crippen molar-refractivity contribution in [1.29, 1.82) is 0 Å². The minimum Gasteiger partial charge on any atom is -0.342 e. The third kappa shape index (κ3) is 3.57. The normalized spacial score (nSPS) is 21.2. The molecule has 1 atom stereocenters. The maximum atomic E-state index is 13.0. The molecule has 132 valence electrons. The number of aromatic nitrogens is 2. The van der Waals surface area contributed by atoms with Crippen molar-refractivity contribution in [2.45, 2.75) is 44.4 Å². The average Bonchev–Trinajstić information content (AvgIpc) is 3.09. The van der Waals surface area contributed by atoms with Crippen LogP contribution in [0.1, 0.15) is 50.3 Å². The monoisotopic (exact) mass is 343 g/mol. The summed E-state index contributed by atoms with van der Waals surface area (Å²) in [5.74, 6) is 1.67. The van der Waals surface area contributed by atoms with Crippen molar-refractivity contribution >= 4 is 5.91 Å². The fourth-order valence-electron chi connectivity index (χ4n) is 3.60. The summed E-state index contributed by atoms with van der Waals surface area (Å²) in [7, 11) is 0. The Hall–Kier alpha value is -2.24. The van der Waals surface area contributed by atoms with E-state index in [-0.39, 0.29) is 17.6 Å². The van der Waals surface area contributed by atoms with Crippen LogP contribution in [0.15, 0.2) is 28.8 Å². The van der Waals surface area contributed by atoms with Gasteiger partial charge in [0.25, 0.3) is 0 Å². The number of carbonyl (C=O) groups is 1. The predicted molar refractivity (Wildman–Crippen MR) is 90.2 cm³/mol. The summed E-state index contributed by atoms with van der Waals surface area (Å²) >= 11 is 0. The van der Waals surface area contributed by atoms with Crippen LogP contribution < -0.4 is 0 Å². The molecule has 1 aromatic carbocycles. The van der Waals surface area contributed by atoms with E-state index in [2.05, 4.69) is 10.1 Å². The van der Waals surface area contributed by atoms with E-state index in [0.717, 1.165) is 24.9 Å². The molecule has 0 radical (unpaired) electrons. The van der Waals surface area contributed by atoms with Gasteiger partial charge >= 0.3 is 0 Å². The predicted octanol–water partition coefficient (Wildman–Crippen LogP) is 3.77. The van der Waals surface area contributed by atoms with Gasteiger partial charge in [0, 0.05) is 25.1 Å². The molecule has 4 rings (SSSR count). The maximum Gasteiger partial charge on any atom is 0.231 e. The molecule has 0 spiro atoms.